The van der Waals surface area contributed by atoms with E-state index in [1.165, 1.54) is 25.7 Å². The first kappa shape index (κ1) is 22.2. The maximum absolute atomic E-state index is 12.9. The largest absolute Gasteiger partial charge is 0.495 e. The normalized spacial score (nSPS) is 14.0. The molecule has 1 aliphatic heterocycles. The molecule has 0 spiro atoms. The molecule has 0 radical (unpaired) electrons. The lowest BCUT2D eigenvalue weighted by Crippen LogP contribution is -2.24. The average Bonchev–Trinajstić information content (AvgIpc) is 3.09. The van der Waals surface area contributed by atoms with E-state index < -0.39 is 0 Å². The van der Waals surface area contributed by atoms with Crippen LogP contribution in [0.5, 0.6) is 5.75 Å². The van der Waals surface area contributed by atoms with Gasteiger partial charge < -0.3 is 15.0 Å². The summed E-state index contributed by atoms with van der Waals surface area (Å²) in [7, 11) is 1.59. The second-order valence-corrected chi connectivity index (χ2v) is 8.55. The number of carbonyl (C=O) groups is 1. The van der Waals surface area contributed by atoms with Crippen molar-refractivity contribution in [1.82, 2.24) is 4.98 Å². The number of methoxy groups -OCH3 is 1. The van der Waals surface area contributed by atoms with Gasteiger partial charge in [0.05, 0.1) is 24.0 Å². The van der Waals surface area contributed by atoms with E-state index in [4.69, 9.17) is 16.3 Å². The Labute approximate surface area is 194 Å². The van der Waals surface area contributed by atoms with Gasteiger partial charge >= 0.3 is 0 Å². The van der Waals surface area contributed by atoms with Crippen molar-refractivity contribution in [2.75, 3.05) is 30.4 Å². The molecule has 0 unspecified atom stereocenters. The highest BCUT2D eigenvalue weighted by Gasteiger charge is 2.13. The van der Waals surface area contributed by atoms with Crippen molar-refractivity contribution >= 4 is 29.0 Å². The molecule has 1 fully saturated rings. The molecular formula is C26H28ClN3O2. The number of rotatable bonds is 5. The zero-order chi connectivity index (χ0) is 22.5. The van der Waals surface area contributed by atoms with Crippen LogP contribution in [-0.2, 0) is 0 Å². The maximum atomic E-state index is 12.9. The Morgan fingerprint density at radius 2 is 1.81 bits per heavy atom. The van der Waals surface area contributed by atoms with Crippen molar-refractivity contribution in [3.63, 3.8) is 0 Å². The Morgan fingerprint density at radius 1 is 1.03 bits per heavy atom. The third-order valence-electron chi connectivity index (χ3n) is 5.90. The Hall–Kier alpha value is -3.05. The lowest BCUT2D eigenvalue weighted by molar-refractivity contribution is 0.102. The predicted octanol–water partition coefficient (Wildman–Crippen LogP) is 6.35. The van der Waals surface area contributed by atoms with Crippen LogP contribution in [0.1, 0.15) is 41.6 Å². The van der Waals surface area contributed by atoms with Crippen LogP contribution in [0.2, 0.25) is 5.02 Å². The molecule has 32 heavy (non-hydrogen) atoms. The molecule has 2 aromatic carbocycles. The van der Waals surface area contributed by atoms with Crippen LogP contribution in [0.3, 0.4) is 0 Å². The molecule has 0 atom stereocenters. The van der Waals surface area contributed by atoms with Gasteiger partial charge in [0.2, 0.25) is 0 Å². The molecule has 3 aromatic rings. The van der Waals surface area contributed by atoms with E-state index in [9.17, 15) is 4.79 Å². The first-order valence-corrected chi connectivity index (χ1v) is 11.4. The summed E-state index contributed by atoms with van der Waals surface area (Å²) in [6.45, 7) is 4.10. The highest BCUT2D eigenvalue weighted by molar-refractivity contribution is 6.32. The molecule has 0 bridgehead atoms. The number of pyridine rings is 1. The number of amides is 1. The first-order chi connectivity index (χ1) is 15.5. The number of ether oxygens (including phenoxy) is 1. The number of halogens is 1. The number of carbonyl (C=O) groups excluding carboxylic acids is 1. The molecular weight excluding hydrogens is 422 g/mol. The van der Waals surface area contributed by atoms with Crippen molar-refractivity contribution in [1.29, 1.82) is 0 Å². The Balaban J connectivity index is 1.50. The quantitative estimate of drug-likeness (QED) is 0.493. The van der Waals surface area contributed by atoms with E-state index >= 15 is 0 Å². The zero-order valence-electron chi connectivity index (χ0n) is 18.5. The van der Waals surface area contributed by atoms with E-state index in [-0.39, 0.29) is 5.91 Å². The summed E-state index contributed by atoms with van der Waals surface area (Å²) < 4.78 is 5.24. The summed E-state index contributed by atoms with van der Waals surface area (Å²) in [4.78, 5) is 19.8. The van der Waals surface area contributed by atoms with Gasteiger partial charge in [-0.05, 0) is 72.9 Å². The zero-order valence-corrected chi connectivity index (χ0v) is 19.3. The number of nitrogens with zero attached hydrogens (tertiary/aromatic N) is 2. The Bertz CT molecular complexity index is 1090. The Morgan fingerprint density at radius 3 is 2.47 bits per heavy atom. The summed E-state index contributed by atoms with van der Waals surface area (Å²) in [5, 5.41) is 3.50. The van der Waals surface area contributed by atoms with Gasteiger partial charge in [-0.3, -0.25) is 4.79 Å². The molecule has 0 saturated carbocycles. The summed E-state index contributed by atoms with van der Waals surface area (Å²) in [5.41, 5.74) is 4.21. The molecule has 1 amide bonds. The fourth-order valence-corrected chi connectivity index (χ4v) is 4.32. The molecule has 2 heterocycles. The van der Waals surface area contributed by atoms with E-state index in [0.717, 1.165) is 35.6 Å². The summed E-state index contributed by atoms with van der Waals surface area (Å²) in [6, 6.07) is 15.2. The molecule has 4 rings (SSSR count). The maximum Gasteiger partial charge on any atom is 0.255 e. The van der Waals surface area contributed by atoms with Gasteiger partial charge in [-0.2, -0.15) is 0 Å². The predicted molar refractivity (Wildman–Crippen MR) is 131 cm³/mol. The molecule has 1 aromatic heterocycles. The molecule has 1 saturated heterocycles. The lowest BCUT2D eigenvalue weighted by Gasteiger charge is -2.21. The number of aryl methyl sites for hydroxylation is 1. The minimum absolute atomic E-state index is 0.171. The molecule has 6 heteroatoms. The highest BCUT2D eigenvalue weighted by atomic mass is 35.5. The van der Waals surface area contributed by atoms with E-state index in [2.05, 4.69) is 15.2 Å². The summed E-state index contributed by atoms with van der Waals surface area (Å²) >= 11 is 6.30. The van der Waals surface area contributed by atoms with Crippen LogP contribution in [0.25, 0.3) is 11.1 Å². The summed E-state index contributed by atoms with van der Waals surface area (Å²) in [6.07, 6.45) is 6.71. The van der Waals surface area contributed by atoms with Crippen LogP contribution in [0.15, 0.2) is 54.7 Å². The third-order valence-corrected chi connectivity index (χ3v) is 6.19. The third kappa shape index (κ3) is 5.05. The van der Waals surface area contributed by atoms with Gasteiger partial charge in [-0.1, -0.05) is 36.6 Å². The van der Waals surface area contributed by atoms with Crippen LogP contribution in [-0.4, -0.2) is 31.1 Å². The van der Waals surface area contributed by atoms with Crippen LogP contribution >= 0.6 is 11.6 Å². The van der Waals surface area contributed by atoms with E-state index in [1.807, 2.05) is 55.5 Å². The second-order valence-electron chi connectivity index (χ2n) is 8.14. The van der Waals surface area contributed by atoms with Crippen molar-refractivity contribution in [3.05, 3.63) is 70.9 Å². The summed E-state index contributed by atoms with van der Waals surface area (Å²) in [5.74, 6) is 1.42. The van der Waals surface area contributed by atoms with Gasteiger partial charge in [0.1, 0.15) is 11.6 Å². The fourth-order valence-electron chi connectivity index (χ4n) is 4.06. The SMILES string of the molecule is COc1ccc(-c2cc(C(=O)Nc3ccc(N4CCCCCC4)nc3)ccc2C)cc1Cl. The molecule has 5 nitrogen and oxygen atoms in total. The van der Waals surface area contributed by atoms with Crippen molar-refractivity contribution in [2.45, 2.75) is 32.6 Å². The van der Waals surface area contributed by atoms with Crippen molar-refractivity contribution < 1.29 is 9.53 Å². The van der Waals surface area contributed by atoms with Gasteiger partial charge in [0.15, 0.2) is 0 Å². The average molecular weight is 450 g/mol. The van der Waals surface area contributed by atoms with Gasteiger partial charge in [0.25, 0.3) is 5.91 Å². The minimum atomic E-state index is -0.171. The van der Waals surface area contributed by atoms with Gasteiger partial charge in [-0.25, -0.2) is 4.98 Å². The standard InChI is InChI=1S/C26H28ClN3O2/c1-18-7-8-20(15-22(18)19-9-11-24(32-2)23(27)16-19)26(31)29-21-10-12-25(28-17-21)30-13-5-3-4-6-14-30/h7-12,15-17H,3-6,13-14H2,1-2H3,(H,29,31). The lowest BCUT2D eigenvalue weighted by atomic mass is 9.97. The number of benzene rings is 2. The number of hydrogen-bond donors (Lipinski definition) is 1. The number of aromatic nitrogens is 1. The molecule has 166 valence electrons. The monoisotopic (exact) mass is 449 g/mol. The van der Waals surface area contributed by atoms with Crippen molar-refractivity contribution in [3.8, 4) is 16.9 Å². The smallest absolute Gasteiger partial charge is 0.255 e. The van der Waals surface area contributed by atoms with Gasteiger partial charge in [0, 0.05) is 18.7 Å². The van der Waals surface area contributed by atoms with Crippen LogP contribution < -0.4 is 15.0 Å². The fraction of sp³-hybridized carbons (Fsp3) is 0.308. The number of anilines is 2. The van der Waals surface area contributed by atoms with Crippen LogP contribution in [0, 0.1) is 6.92 Å². The van der Waals surface area contributed by atoms with E-state index in [1.54, 1.807) is 13.3 Å². The highest BCUT2D eigenvalue weighted by Crippen LogP contribution is 2.32. The minimum Gasteiger partial charge on any atom is -0.495 e. The van der Waals surface area contributed by atoms with E-state index in [0.29, 0.717) is 22.0 Å². The number of nitrogens with one attached hydrogen (secondary N) is 1. The molecule has 1 aliphatic rings. The number of hydrogen-bond acceptors (Lipinski definition) is 4. The topological polar surface area (TPSA) is 54.5 Å². The van der Waals surface area contributed by atoms with Crippen LogP contribution in [0.4, 0.5) is 11.5 Å². The second kappa shape index (κ2) is 10.0. The molecule has 0 aliphatic carbocycles. The molecule has 1 N–H and O–H groups in total. The van der Waals surface area contributed by atoms with Gasteiger partial charge in [-0.15, -0.1) is 0 Å². The Kier molecular flexibility index (Phi) is 6.96. The van der Waals surface area contributed by atoms with Crippen molar-refractivity contribution in [2.24, 2.45) is 0 Å². The first-order valence-electron chi connectivity index (χ1n) is 11.0.